The summed E-state index contributed by atoms with van der Waals surface area (Å²) in [5.74, 6) is -0.381. The zero-order valence-electron chi connectivity index (χ0n) is 11.1. The Kier molecular flexibility index (Phi) is 4.52. The van der Waals surface area contributed by atoms with Crippen molar-refractivity contribution in [3.63, 3.8) is 0 Å². The van der Waals surface area contributed by atoms with Crippen LogP contribution in [0.4, 0.5) is 0 Å². The molecule has 2 N–H and O–H groups in total. The number of aliphatic hydroxyl groups excluding tert-OH is 1. The van der Waals surface area contributed by atoms with Crippen molar-refractivity contribution in [1.82, 2.24) is 9.96 Å². The van der Waals surface area contributed by atoms with Crippen LogP contribution in [0.2, 0.25) is 0 Å². The van der Waals surface area contributed by atoms with Gasteiger partial charge in [0.05, 0.1) is 12.1 Å². The fourth-order valence-corrected chi connectivity index (χ4v) is 2.44. The monoisotopic (exact) mass is 264 g/mol. The maximum absolute atomic E-state index is 11.4. The number of rotatable bonds is 4. The average molecular weight is 264 g/mol. The lowest BCUT2D eigenvalue weighted by atomic mass is 10.1. The first-order valence-corrected chi connectivity index (χ1v) is 6.52. The summed E-state index contributed by atoms with van der Waals surface area (Å²) in [6, 6.07) is 9.05. The SMILES string of the molecule is CC(=O)N(O)[C@H](CN1CC[C@H](O)C1)c1ccccc1. The summed E-state index contributed by atoms with van der Waals surface area (Å²) in [5, 5.41) is 20.3. The third-order valence-electron chi connectivity index (χ3n) is 3.48. The number of aliphatic hydroxyl groups is 1. The molecule has 0 radical (unpaired) electrons. The number of likely N-dealkylation sites (tertiary alicyclic amines) is 1. The third-order valence-corrected chi connectivity index (χ3v) is 3.48. The highest BCUT2D eigenvalue weighted by Crippen LogP contribution is 2.22. The van der Waals surface area contributed by atoms with E-state index in [1.54, 1.807) is 0 Å². The molecule has 0 aliphatic carbocycles. The Morgan fingerprint density at radius 2 is 2.16 bits per heavy atom. The van der Waals surface area contributed by atoms with E-state index in [1.165, 1.54) is 6.92 Å². The number of carbonyl (C=O) groups is 1. The number of β-amino-alcohol motifs (C(OH)–C–C–N with tert-alkyl or cyclic N) is 1. The van der Waals surface area contributed by atoms with Crippen LogP contribution in [0.25, 0.3) is 0 Å². The molecule has 0 saturated carbocycles. The third kappa shape index (κ3) is 3.53. The van der Waals surface area contributed by atoms with Gasteiger partial charge >= 0.3 is 0 Å². The van der Waals surface area contributed by atoms with Crippen LogP contribution >= 0.6 is 0 Å². The van der Waals surface area contributed by atoms with Crippen LogP contribution in [-0.4, -0.2) is 51.9 Å². The van der Waals surface area contributed by atoms with Crippen LogP contribution in [-0.2, 0) is 4.79 Å². The van der Waals surface area contributed by atoms with Crippen molar-refractivity contribution in [3.05, 3.63) is 35.9 Å². The van der Waals surface area contributed by atoms with Gasteiger partial charge in [-0.05, 0) is 12.0 Å². The summed E-state index contributed by atoms with van der Waals surface area (Å²) in [5.41, 5.74) is 0.890. The summed E-state index contributed by atoms with van der Waals surface area (Å²) in [6.07, 6.45) is 0.438. The first-order chi connectivity index (χ1) is 9.08. The highest BCUT2D eigenvalue weighted by Gasteiger charge is 2.28. The first-order valence-electron chi connectivity index (χ1n) is 6.52. The molecule has 1 aromatic rings. The Bertz CT molecular complexity index is 424. The van der Waals surface area contributed by atoms with Gasteiger partial charge in [0.2, 0.25) is 5.91 Å². The molecule has 104 valence electrons. The molecule has 1 aliphatic heterocycles. The normalized spacial score (nSPS) is 21.3. The Labute approximate surface area is 113 Å². The molecule has 0 unspecified atom stereocenters. The Balaban J connectivity index is 2.13. The second-order valence-electron chi connectivity index (χ2n) is 4.99. The minimum absolute atomic E-state index is 0.305. The van der Waals surface area contributed by atoms with Crippen molar-refractivity contribution >= 4 is 5.91 Å². The maximum atomic E-state index is 11.4. The minimum Gasteiger partial charge on any atom is -0.392 e. The molecule has 1 fully saturated rings. The summed E-state index contributed by atoms with van der Waals surface area (Å²) in [7, 11) is 0. The second kappa shape index (κ2) is 6.14. The van der Waals surface area contributed by atoms with Crippen LogP contribution in [0.5, 0.6) is 0 Å². The van der Waals surface area contributed by atoms with E-state index in [9.17, 15) is 15.1 Å². The number of hydrogen-bond donors (Lipinski definition) is 2. The number of amides is 1. The summed E-state index contributed by atoms with van der Waals surface area (Å²) >= 11 is 0. The van der Waals surface area contributed by atoms with E-state index in [-0.39, 0.29) is 12.0 Å². The average Bonchev–Trinajstić information content (AvgIpc) is 2.81. The molecule has 0 aromatic heterocycles. The lowest BCUT2D eigenvalue weighted by Gasteiger charge is -2.29. The molecule has 0 bridgehead atoms. The van der Waals surface area contributed by atoms with Crippen LogP contribution < -0.4 is 0 Å². The molecule has 5 heteroatoms. The number of hydroxylamine groups is 2. The predicted octanol–water partition coefficient (Wildman–Crippen LogP) is 1.03. The molecular weight excluding hydrogens is 244 g/mol. The van der Waals surface area contributed by atoms with Crippen LogP contribution in [0.1, 0.15) is 24.9 Å². The van der Waals surface area contributed by atoms with E-state index in [0.717, 1.165) is 23.6 Å². The Morgan fingerprint density at radius 1 is 1.47 bits per heavy atom. The van der Waals surface area contributed by atoms with Gasteiger partial charge in [0.25, 0.3) is 0 Å². The van der Waals surface area contributed by atoms with Crippen molar-refractivity contribution in [2.75, 3.05) is 19.6 Å². The lowest BCUT2D eigenvalue weighted by Crippen LogP contribution is -2.38. The molecule has 1 aromatic carbocycles. The van der Waals surface area contributed by atoms with Gasteiger partial charge in [0.15, 0.2) is 0 Å². The van der Waals surface area contributed by atoms with Gasteiger partial charge in [0.1, 0.15) is 0 Å². The molecule has 2 rings (SSSR count). The molecule has 0 spiro atoms. The van der Waals surface area contributed by atoms with E-state index in [4.69, 9.17) is 0 Å². The van der Waals surface area contributed by atoms with Gasteiger partial charge in [-0.15, -0.1) is 0 Å². The summed E-state index contributed by atoms with van der Waals surface area (Å²) in [4.78, 5) is 13.5. The smallest absolute Gasteiger partial charge is 0.243 e. The quantitative estimate of drug-likeness (QED) is 0.630. The van der Waals surface area contributed by atoms with Gasteiger partial charge in [-0.3, -0.25) is 14.9 Å². The maximum Gasteiger partial charge on any atom is 0.243 e. The fourth-order valence-electron chi connectivity index (χ4n) is 2.44. The number of carbonyl (C=O) groups excluding carboxylic acids is 1. The van der Waals surface area contributed by atoms with Gasteiger partial charge < -0.3 is 5.11 Å². The van der Waals surface area contributed by atoms with Crippen molar-refractivity contribution in [3.8, 4) is 0 Å². The minimum atomic E-state index is -0.399. The Hall–Kier alpha value is -1.43. The Morgan fingerprint density at radius 3 is 2.68 bits per heavy atom. The highest BCUT2D eigenvalue weighted by atomic mass is 16.5. The van der Waals surface area contributed by atoms with Gasteiger partial charge in [0, 0.05) is 26.6 Å². The number of hydrogen-bond acceptors (Lipinski definition) is 4. The van der Waals surface area contributed by atoms with Crippen molar-refractivity contribution in [1.29, 1.82) is 0 Å². The van der Waals surface area contributed by atoms with Gasteiger partial charge in [-0.1, -0.05) is 30.3 Å². The summed E-state index contributed by atoms with van der Waals surface area (Å²) < 4.78 is 0. The zero-order chi connectivity index (χ0) is 13.8. The van der Waals surface area contributed by atoms with Crippen LogP contribution in [0, 0.1) is 0 Å². The van der Waals surface area contributed by atoms with Gasteiger partial charge in [-0.2, -0.15) is 0 Å². The van der Waals surface area contributed by atoms with E-state index in [0.29, 0.717) is 13.1 Å². The first kappa shape index (κ1) is 14.0. The van der Waals surface area contributed by atoms with Gasteiger partial charge in [-0.25, -0.2) is 5.06 Å². The number of benzene rings is 1. The van der Waals surface area contributed by atoms with E-state index < -0.39 is 6.04 Å². The van der Waals surface area contributed by atoms with E-state index in [2.05, 4.69) is 4.90 Å². The zero-order valence-corrected chi connectivity index (χ0v) is 11.1. The largest absolute Gasteiger partial charge is 0.392 e. The molecule has 5 nitrogen and oxygen atoms in total. The van der Waals surface area contributed by atoms with Crippen molar-refractivity contribution < 1.29 is 15.1 Å². The predicted molar refractivity (Wildman–Crippen MR) is 70.6 cm³/mol. The molecule has 1 amide bonds. The summed E-state index contributed by atoms with van der Waals surface area (Å²) in [6.45, 7) is 3.25. The van der Waals surface area contributed by atoms with Crippen molar-refractivity contribution in [2.24, 2.45) is 0 Å². The van der Waals surface area contributed by atoms with E-state index >= 15 is 0 Å². The molecule has 2 atom stereocenters. The molecular formula is C14H20N2O3. The van der Waals surface area contributed by atoms with Crippen LogP contribution in [0.3, 0.4) is 0 Å². The topological polar surface area (TPSA) is 64.0 Å². The number of nitrogens with zero attached hydrogens (tertiary/aromatic N) is 2. The molecule has 19 heavy (non-hydrogen) atoms. The van der Waals surface area contributed by atoms with Crippen LogP contribution in [0.15, 0.2) is 30.3 Å². The molecule has 1 heterocycles. The highest BCUT2D eigenvalue weighted by molar-refractivity contribution is 5.72. The lowest BCUT2D eigenvalue weighted by molar-refractivity contribution is -0.175. The van der Waals surface area contributed by atoms with E-state index in [1.807, 2.05) is 30.3 Å². The fraction of sp³-hybridized carbons (Fsp3) is 0.500. The second-order valence-corrected chi connectivity index (χ2v) is 4.99. The molecule has 1 aliphatic rings. The molecule has 1 saturated heterocycles. The standard InChI is InChI=1S/C14H20N2O3/c1-11(17)16(19)14(12-5-3-2-4-6-12)10-15-8-7-13(18)9-15/h2-6,13-14,18-19H,7-10H2,1H3/t13-,14+/m0/s1. The van der Waals surface area contributed by atoms with Crippen molar-refractivity contribution in [2.45, 2.75) is 25.5 Å².